The standard InChI is InChI=1S/C21H20F2N6O/c1-12-4-5-18-16(8-25-29(18)9-12)21(30)26-17-7-15(13(2)6-14(17)3)20-24-11-28(27-20)10-19(22)23/h4-9,11,19H,10H2,1-3H3,(H,26,30). The first-order valence-electron chi connectivity index (χ1n) is 9.36. The van der Waals surface area contributed by atoms with Crippen LogP contribution in [-0.2, 0) is 6.54 Å². The van der Waals surface area contributed by atoms with Gasteiger partial charge < -0.3 is 5.32 Å². The van der Waals surface area contributed by atoms with Crippen LogP contribution in [0.15, 0.2) is 43.0 Å². The third-order valence-electron chi connectivity index (χ3n) is 4.83. The summed E-state index contributed by atoms with van der Waals surface area (Å²) in [4.78, 5) is 17.0. The first kappa shape index (κ1) is 19.7. The number of halogens is 2. The Morgan fingerprint density at radius 1 is 1.17 bits per heavy atom. The van der Waals surface area contributed by atoms with E-state index >= 15 is 0 Å². The van der Waals surface area contributed by atoms with Gasteiger partial charge in [0.1, 0.15) is 12.9 Å². The number of carbonyl (C=O) groups is 1. The molecule has 4 aromatic rings. The Bertz CT molecular complexity index is 1240. The van der Waals surface area contributed by atoms with E-state index in [-0.39, 0.29) is 5.91 Å². The molecule has 1 aromatic carbocycles. The minimum absolute atomic E-state index is 0.289. The smallest absolute Gasteiger partial charge is 0.259 e. The maximum atomic E-state index is 12.9. The number of amides is 1. The molecule has 7 nitrogen and oxygen atoms in total. The summed E-state index contributed by atoms with van der Waals surface area (Å²) in [5, 5.41) is 11.3. The molecule has 0 aliphatic heterocycles. The summed E-state index contributed by atoms with van der Waals surface area (Å²) in [5.74, 6) is 0.0399. The number of alkyl halides is 2. The fraction of sp³-hybridized carbons (Fsp3) is 0.238. The number of benzene rings is 1. The number of aryl methyl sites for hydroxylation is 3. The molecule has 1 N–H and O–H groups in total. The summed E-state index contributed by atoms with van der Waals surface area (Å²) >= 11 is 0. The molecule has 154 valence electrons. The maximum Gasteiger partial charge on any atom is 0.259 e. The first-order valence-corrected chi connectivity index (χ1v) is 9.36. The van der Waals surface area contributed by atoms with Crippen molar-refractivity contribution >= 4 is 17.1 Å². The van der Waals surface area contributed by atoms with Crippen LogP contribution in [0.3, 0.4) is 0 Å². The molecule has 0 aliphatic rings. The molecule has 0 saturated carbocycles. The lowest BCUT2D eigenvalue weighted by Crippen LogP contribution is -2.13. The average Bonchev–Trinajstić information content (AvgIpc) is 3.30. The number of rotatable bonds is 5. The van der Waals surface area contributed by atoms with Crippen LogP contribution in [-0.4, -0.2) is 36.7 Å². The molecule has 30 heavy (non-hydrogen) atoms. The maximum absolute atomic E-state index is 12.9. The summed E-state index contributed by atoms with van der Waals surface area (Å²) in [6.45, 7) is 5.20. The van der Waals surface area contributed by atoms with Gasteiger partial charge in [-0.15, -0.1) is 0 Å². The Kier molecular flexibility index (Phi) is 5.03. The van der Waals surface area contributed by atoms with Crippen molar-refractivity contribution in [1.29, 1.82) is 0 Å². The Labute approximate surface area is 171 Å². The summed E-state index contributed by atoms with van der Waals surface area (Å²) < 4.78 is 28.0. The number of hydrogen-bond donors (Lipinski definition) is 1. The number of nitrogens with zero attached hydrogens (tertiary/aromatic N) is 5. The zero-order valence-corrected chi connectivity index (χ0v) is 16.7. The topological polar surface area (TPSA) is 77.1 Å². The fourth-order valence-corrected chi connectivity index (χ4v) is 3.33. The third-order valence-corrected chi connectivity index (χ3v) is 4.83. The number of nitrogens with one attached hydrogen (secondary N) is 1. The molecule has 4 rings (SSSR count). The molecule has 0 aliphatic carbocycles. The van der Waals surface area contributed by atoms with Crippen molar-refractivity contribution in [2.45, 2.75) is 33.7 Å². The molecular weight excluding hydrogens is 390 g/mol. The monoisotopic (exact) mass is 410 g/mol. The largest absolute Gasteiger partial charge is 0.322 e. The fourth-order valence-electron chi connectivity index (χ4n) is 3.33. The van der Waals surface area contributed by atoms with Crippen molar-refractivity contribution in [3.63, 3.8) is 0 Å². The SMILES string of the molecule is Cc1ccc2c(C(=O)Nc3cc(-c4ncn(CC(F)F)n4)c(C)cc3C)cnn2c1. The number of fused-ring (bicyclic) bond motifs is 1. The van der Waals surface area contributed by atoms with Gasteiger partial charge in [0.05, 0.1) is 17.3 Å². The summed E-state index contributed by atoms with van der Waals surface area (Å²) in [7, 11) is 0. The Morgan fingerprint density at radius 3 is 2.73 bits per heavy atom. The van der Waals surface area contributed by atoms with Gasteiger partial charge in [-0.25, -0.2) is 23.0 Å². The lowest BCUT2D eigenvalue weighted by atomic mass is 10.0. The van der Waals surface area contributed by atoms with Gasteiger partial charge in [-0.1, -0.05) is 12.1 Å². The summed E-state index contributed by atoms with van der Waals surface area (Å²) in [6.07, 6.45) is 2.15. The van der Waals surface area contributed by atoms with E-state index in [4.69, 9.17) is 0 Å². The number of anilines is 1. The quantitative estimate of drug-likeness (QED) is 0.539. The second kappa shape index (κ2) is 7.66. The van der Waals surface area contributed by atoms with Crippen molar-refractivity contribution in [3.05, 3.63) is 65.2 Å². The van der Waals surface area contributed by atoms with Gasteiger partial charge in [-0.3, -0.25) is 4.79 Å². The van der Waals surface area contributed by atoms with Gasteiger partial charge in [0.15, 0.2) is 5.82 Å². The average molecular weight is 410 g/mol. The van der Waals surface area contributed by atoms with Crippen LogP contribution in [0.5, 0.6) is 0 Å². The van der Waals surface area contributed by atoms with Crippen molar-refractivity contribution in [2.24, 2.45) is 0 Å². The molecule has 1 amide bonds. The highest BCUT2D eigenvalue weighted by atomic mass is 19.3. The molecule has 0 unspecified atom stereocenters. The second-order valence-electron chi connectivity index (χ2n) is 7.21. The molecule has 9 heteroatoms. The number of aromatic nitrogens is 5. The van der Waals surface area contributed by atoms with E-state index < -0.39 is 13.0 Å². The third kappa shape index (κ3) is 3.78. The predicted octanol–water partition coefficient (Wildman–Crippen LogP) is 4.04. The van der Waals surface area contributed by atoms with E-state index in [1.165, 1.54) is 12.5 Å². The van der Waals surface area contributed by atoms with Crippen LogP contribution in [0.2, 0.25) is 0 Å². The van der Waals surface area contributed by atoms with E-state index in [0.29, 0.717) is 28.2 Å². The van der Waals surface area contributed by atoms with Gasteiger partial charge >= 0.3 is 0 Å². The lowest BCUT2D eigenvalue weighted by molar-refractivity contribution is 0.102. The highest BCUT2D eigenvalue weighted by Crippen LogP contribution is 2.28. The van der Waals surface area contributed by atoms with Gasteiger partial charge in [0.25, 0.3) is 12.3 Å². The molecule has 0 atom stereocenters. The molecule has 0 spiro atoms. The Hall–Kier alpha value is -3.62. The van der Waals surface area contributed by atoms with Gasteiger partial charge in [-0.2, -0.15) is 10.2 Å². The van der Waals surface area contributed by atoms with Crippen LogP contribution >= 0.6 is 0 Å². The van der Waals surface area contributed by atoms with Gasteiger partial charge in [0, 0.05) is 17.4 Å². The van der Waals surface area contributed by atoms with E-state index in [0.717, 1.165) is 21.4 Å². The van der Waals surface area contributed by atoms with E-state index in [9.17, 15) is 13.6 Å². The molecule has 0 radical (unpaired) electrons. The van der Waals surface area contributed by atoms with Crippen LogP contribution in [0.1, 0.15) is 27.0 Å². The first-order chi connectivity index (χ1) is 14.3. The highest BCUT2D eigenvalue weighted by Gasteiger charge is 2.17. The zero-order valence-electron chi connectivity index (χ0n) is 16.7. The number of hydrogen-bond acceptors (Lipinski definition) is 4. The van der Waals surface area contributed by atoms with Crippen LogP contribution in [0.25, 0.3) is 16.9 Å². The van der Waals surface area contributed by atoms with Crippen molar-refractivity contribution in [3.8, 4) is 11.4 Å². The van der Waals surface area contributed by atoms with Gasteiger partial charge in [-0.05, 0) is 49.6 Å². The Balaban J connectivity index is 1.65. The van der Waals surface area contributed by atoms with Crippen LogP contribution < -0.4 is 5.32 Å². The zero-order chi connectivity index (χ0) is 21.4. The molecule has 0 fully saturated rings. The van der Waals surface area contributed by atoms with E-state index in [1.807, 2.05) is 45.2 Å². The predicted molar refractivity (Wildman–Crippen MR) is 109 cm³/mol. The molecule has 0 bridgehead atoms. The van der Waals surface area contributed by atoms with E-state index in [2.05, 4.69) is 20.5 Å². The van der Waals surface area contributed by atoms with E-state index in [1.54, 1.807) is 10.6 Å². The molecule has 3 heterocycles. The Morgan fingerprint density at radius 2 is 1.97 bits per heavy atom. The minimum Gasteiger partial charge on any atom is -0.322 e. The van der Waals surface area contributed by atoms with Crippen molar-refractivity contribution in [2.75, 3.05) is 5.32 Å². The minimum atomic E-state index is -2.51. The van der Waals surface area contributed by atoms with Gasteiger partial charge in [0.2, 0.25) is 0 Å². The molecular formula is C21H20F2N6O. The van der Waals surface area contributed by atoms with Crippen molar-refractivity contribution in [1.82, 2.24) is 24.4 Å². The highest BCUT2D eigenvalue weighted by molar-refractivity contribution is 6.09. The van der Waals surface area contributed by atoms with Crippen LogP contribution in [0.4, 0.5) is 14.5 Å². The molecule has 0 saturated heterocycles. The number of pyridine rings is 1. The van der Waals surface area contributed by atoms with Crippen molar-refractivity contribution < 1.29 is 13.6 Å². The molecule has 3 aromatic heterocycles. The summed E-state index contributed by atoms with van der Waals surface area (Å²) in [5.41, 5.74) is 5.20. The second-order valence-corrected chi connectivity index (χ2v) is 7.21. The normalized spacial score (nSPS) is 11.4. The summed E-state index contributed by atoms with van der Waals surface area (Å²) in [6, 6.07) is 7.44. The number of carbonyl (C=O) groups excluding carboxylic acids is 1. The van der Waals surface area contributed by atoms with Crippen LogP contribution in [0, 0.1) is 20.8 Å². The lowest BCUT2D eigenvalue weighted by Gasteiger charge is -2.12.